The van der Waals surface area contributed by atoms with E-state index in [2.05, 4.69) is 16.7 Å². The molecule has 5 heteroatoms. The predicted octanol–water partition coefficient (Wildman–Crippen LogP) is 1.91. The number of rotatable bonds is 6. The van der Waals surface area contributed by atoms with Crippen molar-refractivity contribution < 1.29 is 9.53 Å². The molecule has 1 aromatic rings. The van der Waals surface area contributed by atoms with Gasteiger partial charge in [0.1, 0.15) is 11.8 Å². The topological polar surface area (TPSA) is 74.1 Å². The lowest BCUT2D eigenvalue weighted by Crippen LogP contribution is -2.34. The van der Waals surface area contributed by atoms with Crippen LogP contribution in [0.1, 0.15) is 20.3 Å². The summed E-state index contributed by atoms with van der Waals surface area (Å²) in [6, 6.07) is 8.84. The number of hydrogen-bond donors (Lipinski definition) is 2. The summed E-state index contributed by atoms with van der Waals surface area (Å²) in [6.45, 7) is 3.77. The van der Waals surface area contributed by atoms with Gasteiger partial charge in [0.25, 0.3) is 0 Å². The lowest BCUT2D eigenvalue weighted by atomic mass is 10.2. The Kier molecular flexibility index (Phi) is 5.68. The molecule has 0 heterocycles. The summed E-state index contributed by atoms with van der Waals surface area (Å²) in [5.74, 6) is 0.560. The molecule has 1 aromatic carbocycles. The van der Waals surface area contributed by atoms with Gasteiger partial charge in [-0.2, -0.15) is 5.26 Å². The smallest absolute Gasteiger partial charge is 0.223 e. The zero-order valence-electron chi connectivity index (χ0n) is 11.4. The second kappa shape index (κ2) is 7.27. The van der Waals surface area contributed by atoms with Gasteiger partial charge < -0.3 is 15.4 Å². The van der Waals surface area contributed by atoms with E-state index in [0.29, 0.717) is 5.75 Å². The summed E-state index contributed by atoms with van der Waals surface area (Å²) in [5, 5.41) is 14.8. The van der Waals surface area contributed by atoms with Crippen LogP contribution in [-0.4, -0.2) is 25.1 Å². The number of ether oxygens (including phenoxy) is 1. The lowest BCUT2D eigenvalue weighted by molar-refractivity contribution is -0.121. The van der Waals surface area contributed by atoms with Crippen LogP contribution >= 0.6 is 0 Å². The molecule has 1 unspecified atom stereocenters. The van der Waals surface area contributed by atoms with Crippen molar-refractivity contribution in [1.29, 1.82) is 5.26 Å². The average molecular weight is 261 g/mol. The third-order valence-electron chi connectivity index (χ3n) is 2.41. The van der Waals surface area contributed by atoms with E-state index in [0.717, 1.165) is 5.69 Å². The van der Waals surface area contributed by atoms with E-state index in [1.165, 1.54) is 0 Å². The molecule has 0 saturated carbocycles. The molecule has 0 aliphatic rings. The first-order valence-corrected chi connectivity index (χ1v) is 6.14. The third-order valence-corrected chi connectivity index (χ3v) is 2.41. The van der Waals surface area contributed by atoms with Crippen molar-refractivity contribution in [2.45, 2.75) is 32.4 Å². The van der Waals surface area contributed by atoms with E-state index < -0.39 is 6.04 Å². The summed E-state index contributed by atoms with van der Waals surface area (Å²) < 4.78 is 5.10. The molecule has 0 saturated heterocycles. The molecule has 5 nitrogen and oxygen atoms in total. The Bertz CT molecular complexity index is 466. The molecule has 102 valence electrons. The van der Waals surface area contributed by atoms with Gasteiger partial charge in [-0.3, -0.25) is 4.79 Å². The molecular formula is C14H19N3O2. The number of nitriles is 1. The minimum atomic E-state index is -0.564. The van der Waals surface area contributed by atoms with E-state index in [9.17, 15) is 4.79 Å². The lowest BCUT2D eigenvalue weighted by Gasteiger charge is -2.14. The van der Waals surface area contributed by atoms with E-state index in [-0.39, 0.29) is 18.4 Å². The first kappa shape index (κ1) is 14.8. The minimum Gasteiger partial charge on any atom is -0.497 e. The number of anilines is 1. The molecule has 1 rings (SSSR count). The van der Waals surface area contributed by atoms with Gasteiger partial charge >= 0.3 is 0 Å². The number of nitrogens with zero attached hydrogens (tertiary/aromatic N) is 1. The monoisotopic (exact) mass is 261 g/mol. The van der Waals surface area contributed by atoms with Crippen LogP contribution in [-0.2, 0) is 4.79 Å². The summed E-state index contributed by atoms with van der Waals surface area (Å²) in [5.41, 5.74) is 0.753. The van der Waals surface area contributed by atoms with Crippen molar-refractivity contribution in [3.63, 3.8) is 0 Å². The van der Waals surface area contributed by atoms with Gasteiger partial charge in [0, 0.05) is 17.8 Å². The fraction of sp³-hybridized carbons (Fsp3) is 0.429. The first-order valence-electron chi connectivity index (χ1n) is 6.14. The van der Waals surface area contributed by atoms with E-state index in [4.69, 9.17) is 10.00 Å². The molecule has 0 aliphatic carbocycles. The number of hydrogen-bond acceptors (Lipinski definition) is 4. The Morgan fingerprint density at radius 1 is 1.47 bits per heavy atom. The Morgan fingerprint density at radius 3 is 2.79 bits per heavy atom. The second-order valence-corrected chi connectivity index (χ2v) is 4.48. The molecule has 0 spiro atoms. The number of carbonyl (C=O) groups is 1. The summed E-state index contributed by atoms with van der Waals surface area (Å²) in [7, 11) is 1.58. The molecule has 0 fully saturated rings. The third kappa shape index (κ3) is 5.30. The molecule has 0 radical (unpaired) electrons. The SMILES string of the molecule is COc1cccc(NC(C#N)CC(=O)NC(C)C)c1. The van der Waals surface area contributed by atoms with Gasteiger partial charge in [0.15, 0.2) is 0 Å². The summed E-state index contributed by atoms with van der Waals surface area (Å²) in [6.07, 6.45) is 0.117. The first-order chi connectivity index (χ1) is 9.05. The van der Waals surface area contributed by atoms with Crippen LogP contribution in [0.4, 0.5) is 5.69 Å². The van der Waals surface area contributed by atoms with Gasteiger partial charge in [-0.25, -0.2) is 0 Å². The minimum absolute atomic E-state index is 0.0728. The van der Waals surface area contributed by atoms with Crippen LogP contribution in [0.5, 0.6) is 5.75 Å². The average Bonchev–Trinajstić information content (AvgIpc) is 2.37. The quantitative estimate of drug-likeness (QED) is 0.820. The molecule has 0 aromatic heterocycles. The molecule has 0 aliphatic heterocycles. The van der Waals surface area contributed by atoms with Gasteiger partial charge in [-0.05, 0) is 26.0 Å². The number of methoxy groups -OCH3 is 1. The van der Waals surface area contributed by atoms with Gasteiger partial charge in [0.05, 0.1) is 19.6 Å². The normalized spacial score (nSPS) is 11.5. The van der Waals surface area contributed by atoms with E-state index in [1.807, 2.05) is 32.0 Å². The van der Waals surface area contributed by atoms with Crippen molar-refractivity contribution in [2.24, 2.45) is 0 Å². The number of amides is 1. The zero-order chi connectivity index (χ0) is 14.3. The Labute approximate surface area is 113 Å². The molecule has 2 N–H and O–H groups in total. The maximum atomic E-state index is 11.6. The molecular weight excluding hydrogens is 242 g/mol. The van der Waals surface area contributed by atoms with Crippen molar-refractivity contribution in [2.75, 3.05) is 12.4 Å². The number of carbonyl (C=O) groups excluding carboxylic acids is 1. The van der Waals surface area contributed by atoms with Crippen LogP contribution in [0.3, 0.4) is 0 Å². The fourth-order valence-corrected chi connectivity index (χ4v) is 1.61. The van der Waals surface area contributed by atoms with Crippen molar-refractivity contribution >= 4 is 11.6 Å². The largest absolute Gasteiger partial charge is 0.497 e. The maximum absolute atomic E-state index is 11.6. The molecule has 1 amide bonds. The molecule has 19 heavy (non-hydrogen) atoms. The molecule has 1 atom stereocenters. The molecule has 0 bridgehead atoms. The van der Waals surface area contributed by atoms with Gasteiger partial charge in [-0.15, -0.1) is 0 Å². The fourth-order valence-electron chi connectivity index (χ4n) is 1.61. The summed E-state index contributed by atoms with van der Waals surface area (Å²) in [4.78, 5) is 11.6. The zero-order valence-corrected chi connectivity index (χ0v) is 11.4. The maximum Gasteiger partial charge on any atom is 0.223 e. The van der Waals surface area contributed by atoms with Crippen LogP contribution in [0.25, 0.3) is 0 Å². The Morgan fingerprint density at radius 2 is 2.21 bits per heavy atom. The predicted molar refractivity (Wildman–Crippen MR) is 73.9 cm³/mol. The van der Waals surface area contributed by atoms with Crippen LogP contribution in [0.15, 0.2) is 24.3 Å². The van der Waals surface area contributed by atoms with Gasteiger partial charge in [0.2, 0.25) is 5.91 Å². The van der Waals surface area contributed by atoms with Crippen molar-refractivity contribution in [3.05, 3.63) is 24.3 Å². The number of nitrogens with one attached hydrogen (secondary N) is 2. The van der Waals surface area contributed by atoms with Crippen LogP contribution < -0.4 is 15.4 Å². The van der Waals surface area contributed by atoms with Crippen molar-refractivity contribution in [3.8, 4) is 11.8 Å². The van der Waals surface area contributed by atoms with Crippen LogP contribution in [0, 0.1) is 11.3 Å². The highest BCUT2D eigenvalue weighted by molar-refractivity contribution is 5.77. The highest BCUT2D eigenvalue weighted by Crippen LogP contribution is 2.17. The highest BCUT2D eigenvalue weighted by Gasteiger charge is 2.13. The summed E-state index contributed by atoms with van der Waals surface area (Å²) >= 11 is 0. The highest BCUT2D eigenvalue weighted by atomic mass is 16.5. The van der Waals surface area contributed by atoms with E-state index >= 15 is 0 Å². The van der Waals surface area contributed by atoms with Crippen molar-refractivity contribution in [1.82, 2.24) is 5.32 Å². The van der Waals surface area contributed by atoms with Gasteiger partial charge in [-0.1, -0.05) is 6.07 Å². The standard InChI is InChI=1S/C14H19N3O2/c1-10(2)16-14(18)8-12(9-15)17-11-5-4-6-13(7-11)19-3/h4-7,10,12,17H,8H2,1-3H3,(H,16,18). The Balaban J connectivity index is 2.61. The Hall–Kier alpha value is -2.22. The van der Waals surface area contributed by atoms with E-state index in [1.54, 1.807) is 13.2 Å². The van der Waals surface area contributed by atoms with Crippen LogP contribution in [0.2, 0.25) is 0 Å². The second-order valence-electron chi connectivity index (χ2n) is 4.48. The number of benzene rings is 1.